The molecular weight excluding hydrogens is 284 g/mol. The first kappa shape index (κ1) is 15.1. The van der Waals surface area contributed by atoms with Crippen LogP contribution in [0.15, 0.2) is 0 Å². The highest BCUT2D eigenvalue weighted by Crippen LogP contribution is 2.48. The van der Waals surface area contributed by atoms with Gasteiger partial charge in [-0.15, -0.1) is 0 Å². The fourth-order valence-electron chi connectivity index (χ4n) is 3.41. The molecule has 2 bridgehead atoms. The predicted octanol–water partition coefficient (Wildman–Crippen LogP) is -0.170. The molecule has 8 heteroatoms. The zero-order valence-electron chi connectivity index (χ0n) is 11.3. The summed E-state index contributed by atoms with van der Waals surface area (Å²) in [6, 6.07) is -0.832. The topological polar surface area (TPSA) is 113 Å². The Bertz CT molecular complexity index is 504. The van der Waals surface area contributed by atoms with Gasteiger partial charge in [0.2, 0.25) is 0 Å². The lowest BCUT2D eigenvalue weighted by Gasteiger charge is -2.28. The molecule has 0 aromatic heterocycles. The maximum Gasteiger partial charge on any atom is 0.315 e. The van der Waals surface area contributed by atoms with Crippen molar-refractivity contribution in [1.82, 2.24) is 10.6 Å². The highest BCUT2D eigenvalue weighted by molar-refractivity contribution is 7.90. The van der Waals surface area contributed by atoms with Crippen molar-refractivity contribution in [3.8, 4) is 0 Å². The first-order valence-corrected chi connectivity index (χ1v) is 8.79. The SMILES string of the molecule is CS(=O)(=O)CCNC(=O)NC1C2CCC(C2)C1C(=O)O. The van der Waals surface area contributed by atoms with E-state index in [4.69, 9.17) is 0 Å². The molecule has 2 aliphatic carbocycles. The van der Waals surface area contributed by atoms with Crippen molar-refractivity contribution in [2.24, 2.45) is 17.8 Å². The molecule has 20 heavy (non-hydrogen) atoms. The second-order valence-electron chi connectivity index (χ2n) is 5.75. The molecule has 3 N–H and O–H groups in total. The molecule has 2 saturated carbocycles. The van der Waals surface area contributed by atoms with Crippen LogP contribution in [0.4, 0.5) is 4.79 Å². The van der Waals surface area contributed by atoms with E-state index < -0.39 is 27.8 Å². The van der Waals surface area contributed by atoms with Crippen LogP contribution in [0.3, 0.4) is 0 Å². The summed E-state index contributed by atoms with van der Waals surface area (Å²) in [5.41, 5.74) is 0. The van der Waals surface area contributed by atoms with Crippen LogP contribution < -0.4 is 10.6 Å². The summed E-state index contributed by atoms with van der Waals surface area (Å²) in [4.78, 5) is 23.0. The van der Waals surface area contributed by atoms with E-state index in [1.807, 2.05) is 0 Å². The molecule has 4 unspecified atom stereocenters. The number of sulfone groups is 1. The van der Waals surface area contributed by atoms with Crippen LogP contribution in [-0.2, 0) is 14.6 Å². The monoisotopic (exact) mass is 304 g/mol. The minimum absolute atomic E-state index is 0.0310. The Hall–Kier alpha value is -1.31. The number of carboxylic acid groups (broad SMARTS) is 1. The van der Waals surface area contributed by atoms with Crippen molar-refractivity contribution in [1.29, 1.82) is 0 Å². The Morgan fingerprint density at radius 2 is 1.90 bits per heavy atom. The summed E-state index contributed by atoms with van der Waals surface area (Å²) >= 11 is 0. The quantitative estimate of drug-likeness (QED) is 0.653. The third-order valence-electron chi connectivity index (χ3n) is 4.26. The molecule has 2 aliphatic rings. The number of carbonyl (C=O) groups is 2. The van der Waals surface area contributed by atoms with Crippen molar-refractivity contribution < 1.29 is 23.1 Å². The van der Waals surface area contributed by atoms with Gasteiger partial charge in [-0.05, 0) is 31.1 Å². The molecule has 2 rings (SSSR count). The van der Waals surface area contributed by atoms with E-state index in [1.54, 1.807) is 0 Å². The van der Waals surface area contributed by atoms with E-state index in [1.165, 1.54) is 0 Å². The lowest BCUT2D eigenvalue weighted by Crippen LogP contribution is -2.50. The van der Waals surface area contributed by atoms with Gasteiger partial charge in [0.15, 0.2) is 0 Å². The Kier molecular flexibility index (Phi) is 4.22. The molecule has 0 heterocycles. The van der Waals surface area contributed by atoms with Gasteiger partial charge in [0.1, 0.15) is 9.84 Å². The summed E-state index contributed by atoms with van der Waals surface area (Å²) in [6.07, 6.45) is 3.81. The number of amides is 2. The fraction of sp³-hybridized carbons (Fsp3) is 0.833. The van der Waals surface area contributed by atoms with Gasteiger partial charge in [-0.25, -0.2) is 13.2 Å². The van der Waals surface area contributed by atoms with E-state index >= 15 is 0 Å². The second-order valence-corrected chi connectivity index (χ2v) is 8.01. The maximum atomic E-state index is 11.7. The fourth-order valence-corrected chi connectivity index (χ4v) is 3.88. The molecule has 0 aromatic rings. The van der Waals surface area contributed by atoms with Crippen LogP contribution in [-0.4, -0.2) is 50.1 Å². The smallest absolute Gasteiger partial charge is 0.315 e. The minimum atomic E-state index is -3.12. The van der Waals surface area contributed by atoms with Crippen LogP contribution in [0.1, 0.15) is 19.3 Å². The van der Waals surface area contributed by atoms with Crippen LogP contribution in [0.5, 0.6) is 0 Å². The van der Waals surface area contributed by atoms with Crippen LogP contribution in [0.2, 0.25) is 0 Å². The highest BCUT2D eigenvalue weighted by atomic mass is 32.2. The number of hydrogen-bond acceptors (Lipinski definition) is 4. The zero-order valence-corrected chi connectivity index (χ0v) is 12.1. The average Bonchev–Trinajstić information content (AvgIpc) is 2.86. The maximum absolute atomic E-state index is 11.7. The van der Waals surface area contributed by atoms with Gasteiger partial charge < -0.3 is 15.7 Å². The van der Waals surface area contributed by atoms with Crippen LogP contribution in [0, 0.1) is 17.8 Å². The lowest BCUT2D eigenvalue weighted by atomic mass is 9.84. The molecular formula is C12H20N2O5S. The summed E-state index contributed by atoms with van der Waals surface area (Å²) in [5, 5.41) is 14.4. The Balaban J connectivity index is 1.86. The van der Waals surface area contributed by atoms with Gasteiger partial charge in [0.05, 0.1) is 11.7 Å². The van der Waals surface area contributed by atoms with Gasteiger partial charge in [-0.2, -0.15) is 0 Å². The number of carbonyl (C=O) groups excluding carboxylic acids is 1. The minimum Gasteiger partial charge on any atom is -0.481 e. The lowest BCUT2D eigenvalue weighted by molar-refractivity contribution is -0.144. The summed E-state index contributed by atoms with van der Waals surface area (Å²) in [6.45, 7) is 0.0310. The van der Waals surface area contributed by atoms with E-state index in [-0.39, 0.29) is 30.2 Å². The van der Waals surface area contributed by atoms with Gasteiger partial charge in [-0.3, -0.25) is 4.79 Å². The van der Waals surface area contributed by atoms with Gasteiger partial charge >= 0.3 is 12.0 Å². The number of fused-ring (bicyclic) bond motifs is 2. The molecule has 4 atom stereocenters. The van der Waals surface area contributed by atoms with E-state index in [2.05, 4.69) is 10.6 Å². The largest absolute Gasteiger partial charge is 0.481 e. The van der Waals surface area contributed by atoms with Crippen LogP contribution in [0.25, 0.3) is 0 Å². The molecule has 2 fully saturated rings. The number of aliphatic carboxylic acids is 1. The first-order valence-electron chi connectivity index (χ1n) is 6.73. The Morgan fingerprint density at radius 1 is 1.25 bits per heavy atom. The standard InChI is InChI=1S/C12H20N2O5S/c1-20(18,19)5-4-13-12(17)14-10-8-3-2-7(6-8)9(10)11(15)16/h7-10H,2-6H2,1H3,(H,15,16)(H2,13,14,17). The molecule has 0 radical (unpaired) electrons. The normalized spacial score (nSPS) is 32.0. The van der Waals surface area contributed by atoms with Crippen LogP contribution >= 0.6 is 0 Å². The summed E-state index contributed by atoms with van der Waals surface area (Å²) < 4.78 is 21.9. The van der Waals surface area contributed by atoms with Crippen molar-refractivity contribution in [3.05, 3.63) is 0 Å². The molecule has 0 saturated heterocycles. The van der Waals surface area contributed by atoms with Gasteiger partial charge in [-0.1, -0.05) is 0 Å². The van der Waals surface area contributed by atoms with E-state index in [0.29, 0.717) is 0 Å². The Labute approximate surface area is 118 Å². The summed E-state index contributed by atoms with van der Waals surface area (Å²) in [5.74, 6) is -1.13. The molecule has 2 amide bonds. The second kappa shape index (κ2) is 5.59. The number of nitrogens with one attached hydrogen (secondary N) is 2. The molecule has 0 spiro atoms. The van der Waals surface area contributed by atoms with E-state index in [0.717, 1.165) is 25.5 Å². The summed E-state index contributed by atoms with van der Waals surface area (Å²) in [7, 11) is -3.12. The number of rotatable bonds is 5. The van der Waals surface area contributed by atoms with Crippen molar-refractivity contribution in [3.63, 3.8) is 0 Å². The zero-order chi connectivity index (χ0) is 14.9. The number of hydrogen-bond donors (Lipinski definition) is 3. The van der Waals surface area contributed by atoms with Gasteiger partial charge in [0.25, 0.3) is 0 Å². The van der Waals surface area contributed by atoms with Crippen molar-refractivity contribution >= 4 is 21.8 Å². The average molecular weight is 304 g/mol. The number of urea groups is 1. The van der Waals surface area contributed by atoms with E-state index in [9.17, 15) is 23.1 Å². The molecule has 114 valence electrons. The predicted molar refractivity (Wildman–Crippen MR) is 72.0 cm³/mol. The van der Waals surface area contributed by atoms with Crippen molar-refractivity contribution in [2.75, 3.05) is 18.6 Å². The van der Waals surface area contributed by atoms with Crippen molar-refractivity contribution in [2.45, 2.75) is 25.3 Å². The highest BCUT2D eigenvalue weighted by Gasteiger charge is 2.51. The molecule has 0 aliphatic heterocycles. The molecule has 7 nitrogen and oxygen atoms in total. The first-order chi connectivity index (χ1) is 9.28. The van der Waals surface area contributed by atoms with Gasteiger partial charge in [0, 0.05) is 18.8 Å². The third-order valence-corrected chi connectivity index (χ3v) is 5.20. The number of carboxylic acids is 1. The molecule has 0 aromatic carbocycles. The third kappa shape index (κ3) is 3.41. The Morgan fingerprint density at radius 3 is 2.50 bits per heavy atom.